The largest absolute Gasteiger partial charge is 0.305 e. The second-order valence-electron chi connectivity index (χ2n) is 5.77. The van der Waals surface area contributed by atoms with Crippen LogP contribution in [-0.2, 0) is 9.05 Å². The highest BCUT2D eigenvalue weighted by atomic mass is 35.7. The molecule has 1 fully saturated rings. The summed E-state index contributed by atoms with van der Waals surface area (Å²) in [6.07, 6.45) is 4.39. The summed E-state index contributed by atoms with van der Waals surface area (Å²) in [5.74, 6) is 0.126. The van der Waals surface area contributed by atoms with Gasteiger partial charge in [0.25, 0.3) is 9.05 Å². The zero-order valence-electron chi connectivity index (χ0n) is 13.2. The molecular formula is C17H18Cl3NO2S. The lowest BCUT2D eigenvalue weighted by molar-refractivity contribution is 0.291. The summed E-state index contributed by atoms with van der Waals surface area (Å²) < 4.78 is 22.8. The lowest BCUT2D eigenvalue weighted by atomic mass is 9.85. The number of piperidine rings is 1. The topological polar surface area (TPSA) is 37.4 Å². The number of hydrogen-bond acceptors (Lipinski definition) is 3. The summed E-state index contributed by atoms with van der Waals surface area (Å²) in [6.45, 7) is 5.37. The van der Waals surface area contributed by atoms with E-state index in [1.54, 1.807) is 18.2 Å². The normalized spacial score (nSPS) is 21.9. The van der Waals surface area contributed by atoms with E-state index in [0.717, 1.165) is 25.1 Å². The highest BCUT2D eigenvalue weighted by molar-refractivity contribution is 8.13. The van der Waals surface area contributed by atoms with Crippen molar-refractivity contribution in [1.82, 2.24) is 4.90 Å². The van der Waals surface area contributed by atoms with Crippen LogP contribution in [0.3, 0.4) is 0 Å². The Balaban J connectivity index is 2.36. The Labute approximate surface area is 157 Å². The first-order valence-electron chi connectivity index (χ1n) is 7.32. The predicted octanol–water partition coefficient (Wildman–Crippen LogP) is 4.83. The molecule has 0 saturated carbocycles. The van der Waals surface area contributed by atoms with E-state index in [-0.39, 0.29) is 10.8 Å². The Morgan fingerprint density at radius 3 is 2.46 bits per heavy atom. The van der Waals surface area contributed by atoms with Crippen LogP contribution in [0.25, 0.3) is 0 Å². The number of rotatable bonds is 4. The third kappa shape index (κ3) is 5.36. The van der Waals surface area contributed by atoms with E-state index in [4.69, 9.17) is 33.9 Å². The number of likely N-dealkylation sites (N-methyl/N-ethyl adjacent to an activating group) is 1. The van der Waals surface area contributed by atoms with Crippen LogP contribution < -0.4 is 0 Å². The maximum atomic E-state index is 11.4. The molecule has 0 spiro atoms. The summed E-state index contributed by atoms with van der Waals surface area (Å²) in [4.78, 5) is 2.32. The van der Waals surface area contributed by atoms with Gasteiger partial charge >= 0.3 is 0 Å². The molecular weight excluding hydrogens is 389 g/mol. The van der Waals surface area contributed by atoms with E-state index < -0.39 is 9.05 Å². The average molecular weight is 407 g/mol. The van der Waals surface area contributed by atoms with Crippen LogP contribution in [0.4, 0.5) is 0 Å². The third-order valence-electron chi connectivity index (χ3n) is 3.91. The minimum atomic E-state index is -3.71. The van der Waals surface area contributed by atoms with Crippen molar-refractivity contribution in [3.63, 3.8) is 0 Å². The van der Waals surface area contributed by atoms with Crippen LogP contribution >= 0.6 is 33.9 Å². The predicted molar refractivity (Wildman–Crippen MR) is 101 cm³/mol. The Kier molecular flexibility index (Phi) is 6.57. The number of nitrogens with zero attached hydrogens (tertiary/aromatic N) is 1. The fraction of sp³-hybridized carbons (Fsp3) is 0.294. The molecule has 1 unspecified atom stereocenters. The zero-order chi connectivity index (χ0) is 17.9. The number of hydrogen-bond donors (Lipinski definition) is 0. The van der Waals surface area contributed by atoms with Gasteiger partial charge in [-0.25, -0.2) is 8.42 Å². The van der Waals surface area contributed by atoms with Gasteiger partial charge in [0, 0.05) is 39.8 Å². The standard InChI is InChI=1S/C17H18Cl3NO2S/c1-12(18)9-15(19)10-14-7-8-21(2)11-17(14)13-3-5-16(6-4-13)24(20,22)23/h3-6,9-10,17H,1,7-8,11H2,2H3/b14-10+,15-9+. The maximum Gasteiger partial charge on any atom is 0.261 e. The van der Waals surface area contributed by atoms with Gasteiger partial charge in [-0.05, 0) is 43.3 Å². The summed E-state index contributed by atoms with van der Waals surface area (Å²) in [5, 5.41) is 0.900. The van der Waals surface area contributed by atoms with Crippen molar-refractivity contribution in [3.05, 3.63) is 64.2 Å². The van der Waals surface area contributed by atoms with Gasteiger partial charge in [0.1, 0.15) is 0 Å². The molecule has 1 saturated heterocycles. The highest BCUT2D eigenvalue weighted by Gasteiger charge is 2.24. The molecule has 0 radical (unpaired) electrons. The monoisotopic (exact) mass is 405 g/mol. The van der Waals surface area contributed by atoms with Crippen LogP contribution in [0.2, 0.25) is 0 Å². The zero-order valence-corrected chi connectivity index (χ0v) is 16.3. The van der Waals surface area contributed by atoms with E-state index in [0.29, 0.717) is 10.1 Å². The molecule has 0 aliphatic carbocycles. The maximum absolute atomic E-state index is 11.4. The number of likely N-dealkylation sites (tertiary alicyclic amines) is 1. The second kappa shape index (κ2) is 8.07. The van der Waals surface area contributed by atoms with Gasteiger partial charge in [-0.1, -0.05) is 47.5 Å². The third-order valence-corrected chi connectivity index (χ3v) is 5.60. The van der Waals surface area contributed by atoms with Crippen LogP contribution in [0.15, 0.2) is 63.5 Å². The highest BCUT2D eigenvalue weighted by Crippen LogP contribution is 2.33. The van der Waals surface area contributed by atoms with Crippen molar-refractivity contribution in [2.24, 2.45) is 0 Å². The quantitative estimate of drug-likeness (QED) is 0.530. The SMILES string of the molecule is C=C(Cl)/C=C(Cl)\C=C1/CCN(C)CC1c1ccc(S(=O)(=O)Cl)cc1. The van der Waals surface area contributed by atoms with Gasteiger partial charge in [0.2, 0.25) is 0 Å². The average Bonchev–Trinajstić information content (AvgIpc) is 2.47. The van der Waals surface area contributed by atoms with Crippen molar-refractivity contribution < 1.29 is 8.42 Å². The van der Waals surface area contributed by atoms with Crippen molar-refractivity contribution in [2.45, 2.75) is 17.2 Å². The van der Waals surface area contributed by atoms with Crippen LogP contribution in [-0.4, -0.2) is 33.5 Å². The van der Waals surface area contributed by atoms with Crippen molar-refractivity contribution in [1.29, 1.82) is 0 Å². The molecule has 0 bridgehead atoms. The minimum Gasteiger partial charge on any atom is -0.305 e. The van der Waals surface area contributed by atoms with Crippen molar-refractivity contribution >= 4 is 42.9 Å². The van der Waals surface area contributed by atoms with E-state index in [1.807, 2.05) is 6.08 Å². The van der Waals surface area contributed by atoms with E-state index >= 15 is 0 Å². The van der Waals surface area contributed by atoms with Crippen molar-refractivity contribution in [2.75, 3.05) is 20.1 Å². The van der Waals surface area contributed by atoms with Gasteiger partial charge in [-0.2, -0.15) is 0 Å². The molecule has 1 aliphatic heterocycles. The first-order chi connectivity index (χ1) is 11.2. The summed E-state index contributed by atoms with van der Waals surface area (Å²) in [5.41, 5.74) is 2.19. The van der Waals surface area contributed by atoms with E-state index in [1.165, 1.54) is 17.7 Å². The fourth-order valence-electron chi connectivity index (χ4n) is 2.74. The van der Waals surface area contributed by atoms with Crippen LogP contribution in [0.1, 0.15) is 17.9 Å². The van der Waals surface area contributed by atoms with Gasteiger partial charge < -0.3 is 4.90 Å². The van der Waals surface area contributed by atoms with E-state index in [2.05, 4.69) is 18.5 Å². The Morgan fingerprint density at radius 1 is 1.29 bits per heavy atom. The van der Waals surface area contributed by atoms with Gasteiger partial charge in [-0.15, -0.1) is 0 Å². The first-order valence-corrected chi connectivity index (χ1v) is 10.4. The molecule has 1 atom stereocenters. The van der Waals surface area contributed by atoms with Crippen LogP contribution in [0.5, 0.6) is 0 Å². The number of benzene rings is 1. The molecule has 1 aromatic carbocycles. The molecule has 24 heavy (non-hydrogen) atoms. The second-order valence-corrected chi connectivity index (χ2v) is 9.25. The van der Waals surface area contributed by atoms with Crippen molar-refractivity contribution in [3.8, 4) is 0 Å². The lowest BCUT2D eigenvalue weighted by Crippen LogP contribution is -2.32. The minimum absolute atomic E-state index is 0.0963. The van der Waals surface area contributed by atoms with Gasteiger partial charge in [0.15, 0.2) is 0 Å². The summed E-state index contributed by atoms with van der Waals surface area (Å²) in [7, 11) is 3.71. The Hall–Kier alpha value is -0.780. The molecule has 2 rings (SSSR count). The van der Waals surface area contributed by atoms with Crippen LogP contribution in [0, 0.1) is 0 Å². The molecule has 7 heteroatoms. The number of allylic oxidation sites excluding steroid dienone is 4. The fourth-order valence-corrected chi connectivity index (χ4v) is 3.95. The Bertz CT molecular complexity index is 783. The first kappa shape index (κ1) is 19.5. The Morgan fingerprint density at radius 2 is 1.92 bits per heavy atom. The molecule has 0 amide bonds. The van der Waals surface area contributed by atoms with Gasteiger partial charge in [0.05, 0.1) is 4.90 Å². The van der Waals surface area contributed by atoms with E-state index in [9.17, 15) is 8.42 Å². The summed E-state index contributed by atoms with van der Waals surface area (Å²) >= 11 is 12.0. The molecule has 1 aromatic rings. The lowest BCUT2D eigenvalue weighted by Gasteiger charge is -2.32. The molecule has 1 heterocycles. The molecule has 1 aliphatic rings. The molecule has 0 N–H and O–H groups in total. The molecule has 3 nitrogen and oxygen atoms in total. The van der Waals surface area contributed by atoms with Gasteiger partial charge in [-0.3, -0.25) is 0 Å². The summed E-state index contributed by atoms with van der Waals surface area (Å²) in [6, 6.07) is 6.65. The molecule has 0 aromatic heterocycles. The number of halogens is 3. The smallest absolute Gasteiger partial charge is 0.261 e. The molecule has 130 valence electrons.